The number of nitrogens with zero attached hydrogens (tertiary/aromatic N) is 2. The summed E-state index contributed by atoms with van der Waals surface area (Å²) in [6.45, 7) is 3.48. The molecule has 2 heterocycles. The van der Waals surface area contributed by atoms with Crippen LogP contribution in [0, 0.1) is 5.92 Å². The zero-order chi connectivity index (χ0) is 23.6. The molecule has 1 unspecified atom stereocenters. The van der Waals surface area contributed by atoms with Gasteiger partial charge in [0.05, 0.1) is 10.6 Å². The fourth-order valence-electron chi connectivity index (χ4n) is 4.34. The highest BCUT2D eigenvalue weighted by molar-refractivity contribution is 7.89. The number of piperidine rings is 1. The molecule has 176 valence electrons. The maximum absolute atomic E-state index is 13.1. The lowest BCUT2D eigenvalue weighted by atomic mass is 10.00. The summed E-state index contributed by atoms with van der Waals surface area (Å²) < 4.78 is 32.9. The lowest BCUT2D eigenvalue weighted by molar-refractivity contribution is -0.135. The monoisotopic (exact) mass is 490 g/mol. The van der Waals surface area contributed by atoms with Crippen molar-refractivity contribution in [2.24, 2.45) is 5.92 Å². The summed E-state index contributed by atoms with van der Waals surface area (Å²) in [5.41, 5.74) is 2.35. The first-order chi connectivity index (χ1) is 15.8. The Morgan fingerprint density at radius 2 is 1.88 bits per heavy atom. The summed E-state index contributed by atoms with van der Waals surface area (Å²) in [4.78, 5) is 26.7. The van der Waals surface area contributed by atoms with Crippen LogP contribution in [0.15, 0.2) is 47.4 Å². The first-order valence-electron chi connectivity index (χ1n) is 11.1. The second-order valence-corrected chi connectivity index (χ2v) is 11.0. The van der Waals surface area contributed by atoms with Gasteiger partial charge in [0.15, 0.2) is 6.61 Å². The van der Waals surface area contributed by atoms with E-state index in [1.165, 1.54) is 28.1 Å². The van der Waals surface area contributed by atoms with E-state index in [9.17, 15) is 18.0 Å². The summed E-state index contributed by atoms with van der Waals surface area (Å²) in [7, 11) is -3.84. The lowest BCUT2D eigenvalue weighted by Crippen LogP contribution is -2.39. The zero-order valence-corrected chi connectivity index (χ0v) is 20.1. The molecule has 9 heteroatoms. The van der Waals surface area contributed by atoms with Crippen LogP contribution in [-0.4, -0.2) is 55.7 Å². The molecule has 0 radical (unpaired) electrons. The van der Waals surface area contributed by atoms with E-state index in [4.69, 9.17) is 16.3 Å². The molecular weight excluding hydrogens is 464 g/mol. The number of rotatable bonds is 5. The fourth-order valence-corrected chi connectivity index (χ4v) is 6.44. The predicted octanol–water partition coefficient (Wildman–Crippen LogP) is 3.50. The van der Waals surface area contributed by atoms with Crippen molar-refractivity contribution in [1.82, 2.24) is 9.21 Å². The molecule has 0 N–H and O–H groups in total. The Balaban J connectivity index is 1.42. The first kappa shape index (κ1) is 23.7. The van der Waals surface area contributed by atoms with Crippen LogP contribution >= 0.6 is 11.6 Å². The zero-order valence-electron chi connectivity index (χ0n) is 18.5. The minimum atomic E-state index is -3.84. The van der Waals surface area contributed by atoms with Crippen molar-refractivity contribution in [3.63, 3.8) is 0 Å². The molecule has 1 amide bonds. The first-order valence-corrected chi connectivity index (χ1v) is 12.9. The number of esters is 1. The van der Waals surface area contributed by atoms with Gasteiger partial charge in [0.1, 0.15) is 4.90 Å². The molecule has 2 aromatic rings. The lowest BCUT2D eigenvalue weighted by Gasteiger charge is -2.30. The number of sulfonamides is 1. The maximum atomic E-state index is 13.1. The average molecular weight is 491 g/mol. The summed E-state index contributed by atoms with van der Waals surface area (Å²) in [6.07, 6.45) is 2.51. The molecule has 4 rings (SSSR count). The van der Waals surface area contributed by atoms with E-state index in [-0.39, 0.29) is 27.3 Å². The van der Waals surface area contributed by atoms with Crippen LogP contribution in [0.25, 0.3) is 0 Å². The number of benzene rings is 2. The molecule has 0 aromatic heterocycles. The van der Waals surface area contributed by atoms with Crippen LogP contribution in [0.4, 0.5) is 0 Å². The van der Waals surface area contributed by atoms with Crippen molar-refractivity contribution in [1.29, 1.82) is 0 Å². The van der Waals surface area contributed by atoms with Crippen molar-refractivity contribution >= 4 is 33.5 Å². The Bertz CT molecular complexity index is 1170. The number of hydrogen-bond acceptors (Lipinski definition) is 5. The summed E-state index contributed by atoms with van der Waals surface area (Å²) >= 11 is 6.19. The van der Waals surface area contributed by atoms with Crippen LogP contribution in [0.2, 0.25) is 5.02 Å². The maximum Gasteiger partial charge on any atom is 0.338 e. The third-order valence-electron chi connectivity index (χ3n) is 6.21. The van der Waals surface area contributed by atoms with E-state index in [1.54, 1.807) is 4.90 Å². The number of amides is 1. The Morgan fingerprint density at radius 1 is 1.12 bits per heavy atom. The molecule has 0 saturated carbocycles. The van der Waals surface area contributed by atoms with Crippen molar-refractivity contribution in [2.45, 2.75) is 37.6 Å². The topological polar surface area (TPSA) is 84.0 Å². The van der Waals surface area contributed by atoms with E-state index in [0.29, 0.717) is 26.2 Å². The summed E-state index contributed by atoms with van der Waals surface area (Å²) in [5.74, 6) is -0.795. The number of hydrogen-bond donors (Lipinski definition) is 0. The molecule has 2 aliphatic rings. The van der Waals surface area contributed by atoms with Crippen LogP contribution in [-0.2, 0) is 32.5 Å². The molecular formula is C24H27ClN2O5S. The van der Waals surface area contributed by atoms with E-state index in [0.717, 1.165) is 24.8 Å². The van der Waals surface area contributed by atoms with Crippen LogP contribution in [0.3, 0.4) is 0 Å². The molecule has 0 aliphatic carbocycles. The molecule has 2 aliphatic heterocycles. The van der Waals surface area contributed by atoms with Crippen molar-refractivity contribution in [3.8, 4) is 0 Å². The summed E-state index contributed by atoms with van der Waals surface area (Å²) in [5, 5.41) is 0.0489. The number of carbonyl (C=O) groups is 2. The molecule has 7 nitrogen and oxygen atoms in total. The van der Waals surface area contributed by atoms with Crippen molar-refractivity contribution in [3.05, 3.63) is 64.2 Å². The third-order valence-corrected chi connectivity index (χ3v) is 8.56. The number of fused-ring (bicyclic) bond motifs is 1. The standard InChI is InChI=1S/C24H27ClN2O5S/c1-17-5-4-11-27(14-17)33(30,31)22-13-19(8-9-21(22)25)24(29)32-16-23(28)26-12-10-18-6-2-3-7-20(18)15-26/h2-3,6-9,13,17H,4-5,10-12,14-16H2,1H3. The van der Waals surface area contributed by atoms with E-state index in [2.05, 4.69) is 0 Å². The SMILES string of the molecule is CC1CCCN(S(=O)(=O)c2cc(C(=O)OCC(=O)N3CCc4ccccc4C3)ccc2Cl)C1. The predicted molar refractivity (Wildman–Crippen MR) is 124 cm³/mol. The van der Waals surface area contributed by atoms with Crippen LogP contribution < -0.4 is 0 Å². The molecule has 33 heavy (non-hydrogen) atoms. The van der Waals surface area contributed by atoms with Gasteiger partial charge in [-0.3, -0.25) is 4.79 Å². The van der Waals surface area contributed by atoms with Gasteiger partial charge < -0.3 is 9.64 Å². The second kappa shape index (κ2) is 9.83. The van der Waals surface area contributed by atoms with E-state index >= 15 is 0 Å². The Morgan fingerprint density at radius 3 is 2.64 bits per heavy atom. The van der Waals surface area contributed by atoms with Gasteiger partial charge in [-0.2, -0.15) is 4.31 Å². The molecule has 0 spiro atoms. The van der Waals surface area contributed by atoms with Gasteiger partial charge in [0.2, 0.25) is 10.0 Å². The normalized spacial score (nSPS) is 19.1. The average Bonchev–Trinajstić information content (AvgIpc) is 2.82. The van der Waals surface area contributed by atoms with E-state index in [1.807, 2.05) is 31.2 Å². The van der Waals surface area contributed by atoms with Gasteiger partial charge >= 0.3 is 5.97 Å². The van der Waals surface area contributed by atoms with E-state index < -0.39 is 22.6 Å². The summed E-state index contributed by atoms with van der Waals surface area (Å²) in [6, 6.07) is 12.0. The molecule has 1 fully saturated rings. The van der Waals surface area contributed by atoms with Gasteiger partial charge in [0.25, 0.3) is 5.91 Å². The number of carbonyl (C=O) groups excluding carboxylic acids is 2. The van der Waals surface area contributed by atoms with Crippen molar-refractivity contribution < 1.29 is 22.7 Å². The molecule has 1 atom stereocenters. The van der Waals surface area contributed by atoms with Crippen LogP contribution in [0.1, 0.15) is 41.3 Å². The van der Waals surface area contributed by atoms with Crippen molar-refractivity contribution in [2.75, 3.05) is 26.2 Å². The van der Waals surface area contributed by atoms with Gasteiger partial charge in [-0.05, 0) is 54.5 Å². The Kier molecular flexibility index (Phi) is 7.07. The quantitative estimate of drug-likeness (QED) is 0.599. The third kappa shape index (κ3) is 5.23. The number of ether oxygens (including phenoxy) is 1. The van der Waals surface area contributed by atoms with Crippen LogP contribution in [0.5, 0.6) is 0 Å². The van der Waals surface area contributed by atoms with Gasteiger partial charge in [-0.25, -0.2) is 13.2 Å². The van der Waals surface area contributed by atoms with Gasteiger partial charge in [-0.1, -0.05) is 42.8 Å². The number of halogens is 1. The van der Waals surface area contributed by atoms with Gasteiger partial charge in [0, 0.05) is 26.2 Å². The highest BCUT2D eigenvalue weighted by Crippen LogP contribution is 2.29. The largest absolute Gasteiger partial charge is 0.452 e. The minimum Gasteiger partial charge on any atom is -0.452 e. The minimum absolute atomic E-state index is 0.0415. The molecule has 0 bridgehead atoms. The highest BCUT2D eigenvalue weighted by atomic mass is 35.5. The smallest absolute Gasteiger partial charge is 0.338 e. The highest BCUT2D eigenvalue weighted by Gasteiger charge is 2.31. The van der Waals surface area contributed by atoms with Gasteiger partial charge in [-0.15, -0.1) is 0 Å². The molecule has 2 aromatic carbocycles. The molecule has 1 saturated heterocycles. The second-order valence-electron chi connectivity index (χ2n) is 8.67. The fraction of sp³-hybridized carbons (Fsp3) is 0.417. The Hall–Kier alpha value is -2.42. The Labute approximate surface area is 199 Å².